The summed E-state index contributed by atoms with van der Waals surface area (Å²) in [5.41, 5.74) is 3.78. The lowest BCUT2D eigenvalue weighted by atomic mass is 10.2. The van der Waals surface area contributed by atoms with Crippen LogP contribution in [0.3, 0.4) is 0 Å². The van der Waals surface area contributed by atoms with E-state index in [2.05, 4.69) is 20.6 Å². The SMILES string of the molecule is O=C(Nc1ccc(Cl)cc1)Nc1cccc(-c2nc3cc4c(cc3[nH]2)OCCO4)c1. The van der Waals surface area contributed by atoms with Gasteiger partial charge in [0.05, 0.1) is 11.0 Å². The summed E-state index contributed by atoms with van der Waals surface area (Å²) in [6, 6.07) is 17.8. The van der Waals surface area contributed by atoms with Crippen LogP contribution in [0.2, 0.25) is 5.02 Å². The Morgan fingerprint density at radius 3 is 2.47 bits per heavy atom. The Balaban J connectivity index is 1.36. The molecule has 3 aromatic carbocycles. The number of aromatic nitrogens is 2. The number of H-pyrrole nitrogens is 1. The van der Waals surface area contributed by atoms with Crippen LogP contribution in [0.15, 0.2) is 60.7 Å². The van der Waals surface area contributed by atoms with E-state index in [9.17, 15) is 4.79 Å². The van der Waals surface area contributed by atoms with E-state index in [0.29, 0.717) is 46.9 Å². The number of hydrogen-bond donors (Lipinski definition) is 3. The van der Waals surface area contributed by atoms with Gasteiger partial charge in [0.2, 0.25) is 0 Å². The summed E-state index contributed by atoms with van der Waals surface area (Å²) >= 11 is 5.87. The largest absolute Gasteiger partial charge is 0.486 e. The number of imidazole rings is 1. The molecule has 0 saturated carbocycles. The molecule has 0 spiro atoms. The third-order valence-electron chi connectivity index (χ3n) is 4.64. The summed E-state index contributed by atoms with van der Waals surface area (Å²) in [4.78, 5) is 20.3. The van der Waals surface area contributed by atoms with Crippen molar-refractivity contribution in [3.8, 4) is 22.9 Å². The summed E-state index contributed by atoms with van der Waals surface area (Å²) in [6.45, 7) is 1.06. The van der Waals surface area contributed by atoms with Gasteiger partial charge in [0.15, 0.2) is 11.5 Å². The van der Waals surface area contributed by atoms with E-state index in [1.807, 2.05) is 36.4 Å². The van der Waals surface area contributed by atoms with Crippen LogP contribution in [0.5, 0.6) is 11.5 Å². The molecule has 8 heteroatoms. The molecule has 0 saturated heterocycles. The molecule has 0 atom stereocenters. The Bertz CT molecular complexity index is 1190. The second kappa shape index (κ2) is 7.61. The average molecular weight is 421 g/mol. The zero-order chi connectivity index (χ0) is 20.5. The number of nitrogens with zero attached hydrogens (tertiary/aromatic N) is 1. The van der Waals surface area contributed by atoms with Crippen LogP contribution in [0.4, 0.5) is 16.2 Å². The number of fused-ring (bicyclic) bond motifs is 2. The summed E-state index contributed by atoms with van der Waals surface area (Å²) in [5.74, 6) is 2.09. The van der Waals surface area contributed by atoms with Crippen LogP contribution >= 0.6 is 11.6 Å². The highest BCUT2D eigenvalue weighted by atomic mass is 35.5. The highest BCUT2D eigenvalue weighted by molar-refractivity contribution is 6.30. The Morgan fingerprint density at radius 2 is 1.67 bits per heavy atom. The zero-order valence-electron chi connectivity index (χ0n) is 15.7. The second-order valence-corrected chi connectivity index (χ2v) is 7.20. The Hall–Kier alpha value is -3.71. The minimum absolute atomic E-state index is 0.346. The van der Waals surface area contributed by atoms with Crippen LogP contribution in [-0.2, 0) is 0 Å². The molecule has 5 rings (SSSR count). The first kappa shape index (κ1) is 18.3. The Labute approximate surface area is 177 Å². The molecule has 0 aliphatic carbocycles. The number of aromatic amines is 1. The monoisotopic (exact) mass is 420 g/mol. The minimum atomic E-state index is -0.346. The Kier molecular flexibility index (Phi) is 4.65. The van der Waals surface area contributed by atoms with Crippen LogP contribution in [0, 0.1) is 0 Å². The van der Waals surface area contributed by atoms with Gasteiger partial charge in [-0.2, -0.15) is 0 Å². The smallest absolute Gasteiger partial charge is 0.323 e. The fourth-order valence-corrected chi connectivity index (χ4v) is 3.38. The number of carbonyl (C=O) groups excluding carboxylic acids is 1. The van der Waals surface area contributed by atoms with Gasteiger partial charge in [0.25, 0.3) is 0 Å². The zero-order valence-corrected chi connectivity index (χ0v) is 16.5. The van der Waals surface area contributed by atoms with E-state index in [0.717, 1.165) is 16.6 Å². The number of anilines is 2. The number of rotatable bonds is 3. The molecule has 7 nitrogen and oxygen atoms in total. The third kappa shape index (κ3) is 3.75. The topological polar surface area (TPSA) is 88.3 Å². The number of ether oxygens (including phenoxy) is 2. The van der Waals surface area contributed by atoms with Gasteiger partial charge in [0, 0.05) is 34.1 Å². The molecule has 150 valence electrons. The molecule has 4 aromatic rings. The lowest BCUT2D eigenvalue weighted by molar-refractivity contribution is 0.172. The molecule has 1 aliphatic heterocycles. The van der Waals surface area contributed by atoms with Crippen molar-refractivity contribution in [2.45, 2.75) is 0 Å². The molecule has 30 heavy (non-hydrogen) atoms. The van der Waals surface area contributed by atoms with Crippen molar-refractivity contribution in [1.29, 1.82) is 0 Å². The molecule has 0 unspecified atom stereocenters. The highest BCUT2D eigenvalue weighted by Gasteiger charge is 2.15. The van der Waals surface area contributed by atoms with Crippen molar-refractivity contribution in [3.63, 3.8) is 0 Å². The van der Waals surface area contributed by atoms with Crippen molar-refractivity contribution in [2.75, 3.05) is 23.8 Å². The average Bonchev–Trinajstić information content (AvgIpc) is 3.17. The number of nitrogens with one attached hydrogen (secondary N) is 3. The molecule has 1 aliphatic rings. The lowest BCUT2D eigenvalue weighted by Gasteiger charge is -2.17. The van der Waals surface area contributed by atoms with E-state index < -0.39 is 0 Å². The second-order valence-electron chi connectivity index (χ2n) is 6.77. The summed E-state index contributed by atoms with van der Waals surface area (Å²) < 4.78 is 11.3. The van der Waals surface area contributed by atoms with Crippen LogP contribution in [-0.4, -0.2) is 29.2 Å². The minimum Gasteiger partial charge on any atom is -0.486 e. The summed E-state index contributed by atoms with van der Waals surface area (Å²) in [7, 11) is 0. The van der Waals surface area contributed by atoms with E-state index in [1.54, 1.807) is 24.3 Å². The maximum Gasteiger partial charge on any atom is 0.323 e. The highest BCUT2D eigenvalue weighted by Crippen LogP contribution is 2.35. The van der Waals surface area contributed by atoms with Gasteiger partial charge in [-0.15, -0.1) is 0 Å². The first-order valence-electron chi connectivity index (χ1n) is 9.37. The van der Waals surface area contributed by atoms with Gasteiger partial charge in [0.1, 0.15) is 19.0 Å². The summed E-state index contributed by atoms with van der Waals surface area (Å²) in [5, 5.41) is 6.21. The maximum absolute atomic E-state index is 12.3. The van der Waals surface area contributed by atoms with Crippen LogP contribution < -0.4 is 20.1 Å². The molecule has 0 radical (unpaired) electrons. The fraction of sp³-hybridized carbons (Fsp3) is 0.0909. The normalized spacial score (nSPS) is 12.6. The molecule has 3 N–H and O–H groups in total. The molecule has 0 fully saturated rings. The Morgan fingerprint density at radius 1 is 0.933 bits per heavy atom. The number of hydrogen-bond acceptors (Lipinski definition) is 4. The summed E-state index contributed by atoms with van der Waals surface area (Å²) in [6.07, 6.45) is 0. The van der Waals surface area contributed by atoms with E-state index >= 15 is 0 Å². The van der Waals surface area contributed by atoms with Gasteiger partial charge >= 0.3 is 6.03 Å². The fourth-order valence-electron chi connectivity index (χ4n) is 3.25. The van der Waals surface area contributed by atoms with Gasteiger partial charge in [-0.25, -0.2) is 9.78 Å². The van der Waals surface area contributed by atoms with Crippen molar-refractivity contribution in [2.24, 2.45) is 0 Å². The van der Waals surface area contributed by atoms with Crippen molar-refractivity contribution >= 4 is 40.0 Å². The quantitative estimate of drug-likeness (QED) is 0.419. The van der Waals surface area contributed by atoms with Crippen molar-refractivity contribution in [1.82, 2.24) is 9.97 Å². The maximum atomic E-state index is 12.3. The van der Waals surface area contributed by atoms with Gasteiger partial charge in [-0.05, 0) is 36.4 Å². The van der Waals surface area contributed by atoms with Gasteiger partial charge in [-0.1, -0.05) is 23.7 Å². The number of benzene rings is 3. The molecule has 0 bridgehead atoms. The van der Waals surface area contributed by atoms with E-state index in [-0.39, 0.29) is 6.03 Å². The number of urea groups is 1. The number of amides is 2. The number of carbonyl (C=O) groups is 1. The molecular formula is C22H17ClN4O3. The predicted molar refractivity (Wildman–Crippen MR) is 117 cm³/mol. The van der Waals surface area contributed by atoms with Gasteiger partial charge < -0.3 is 25.1 Å². The van der Waals surface area contributed by atoms with Crippen molar-refractivity contribution in [3.05, 3.63) is 65.7 Å². The van der Waals surface area contributed by atoms with Crippen molar-refractivity contribution < 1.29 is 14.3 Å². The first-order chi connectivity index (χ1) is 14.6. The molecular weight excluding hydrogens is 404 g/mol. The first-order valence-corrected chi connectivity index (χ1v) is 9.75. The van der Waals surface area contributed by atoms with Crippen LogP contribution in [0.25, 0.3) is 22.4 Å². The third-order valence-corrected chi connectivity index (χ3v) is 4.89. The number of halogens is 1. The lowest BCUT2D eigenvalue weighted by Crippen LogP contribution is -2.19. The standard InChI is InChI=1S/C22H17ClN4O3/c23-14-4-6-15(7-5-14)24-22(28)25-16-3-1-2-13(10-16)21-26-17-11-19-20(12-18(17)27-21)30-9-8-29-19/h1-7,10-12H,8-9H2,(H,26,27)(H2,24,25,28). The predicted octanol–water partition coefficient (Wildman–Crippen LogP) is 5.30. The van der Waals surface area contributed by atoms with Crippen LogP contribution in [0.1, 0.15) is 0 Å². The molecule has 2 heterocycles. The van der Waals surface area contributed by atoms with E-state index in [1.165, 1.54) is 0 Å². The molecule has 1 aromatic heterocycles. The van der Waals surface area contributed by atoms with Gasteiger partial charge in [-0.3, -0.25) is 0 Å². The van der Waals surface area contributed by atoms with E-state index in [4.69, 9.17) is 21.1 Å². The molecule has 2 amide bonds.